The highest BCUT2D eigenvalue weighted by Gasteiger charge is 2.14. The Morgan fingerprint density at radius 3 is 2.55 bits per heavy atom. The van der Waals surface area contributed by atoms with Crippen molar-refractivity contribution in [2.45, 2.75) is 0 Å². The summed E-state index contributed by atoms with van der Waals surface area (Å²) in [7, 11) is 4.09. The summed E-state index contributed by atoms with van der Waals surface area (Å²) in [5.41, 5.74) is 8.65. The number of benzene rings is 1. The van der Waals surface area contributed by atoms with Crippen LogP contribution in [0.4, 0.5) is 0 Å². The lowest BCUT2D eigenvalue weighted by Crippen LogP contribution is -2.02. The summed E-state index contributed by atoms with van der Waals surface area (Å²) >= 11 is 6.15. The van der Waals surface area contributed by atoms with E-state index in [4.69, 9.17) is 26.6 Å². The highest BCUT2D eigenvalue weighted by atomic mass is 35.5. The van der Waals surface area contributed by atoms with Crippen LogP contribution in [0.5, 0.6) is 11.5 Å². The van der Waals surface area contributed by atoms with Gasteiger partial charge in [-0.05, 0) is 29.3 Å². The summed E-state index contributed by atoms with van der Waals surface area (Å²) < 4.78 is 14.7. The molecule has 20 heavy (non-hydrogen) atoms. The fourth-order valence-corrected chi connectivity index (χ4v) is 1.73. The molecule has 0 N–H and O–H groups in total. The third-order valence-corrected chi connectivity index (χ3v) is 2.74. The molecule has 0 aliphatic carbocycles. The van der Waals surface area contributed by atoms with Crippen molar-refractivity contribution >= 4 is 23.6 Å². The topological polar surface area (TPSA) is 93.5 Å². The summed E-state index contributed by atoms with van der Waals surface area (Å²) in [5, 5.41) is 3.49. The van der Waals surface area contributed by atoms with Crippen LogP contribution in [0.3, 0.4) is 0 Å². The second kappa shape index (κ2) is 7.28. The molecule has 0 unspecified atom stereocenters. The van der Waals surface area contributed by atoms with E-state index in [9.17, 15) is 4.79 Å². The van der Waals surface area contributed by atoms with E-state index in [0.717, 1.165) is 0 Å². The molecule has 0 amide bonds. The van der Waals surface area contributed by atoms with Gasteiger partial charge in [0.1, 0.15) is 5.70 Å². The molecule has 1 aromatic rings. The number of ether oxygens (including phenoxy) is 3. The Hall–Kier alpha value is -2.37. The van der Waals surface area contributed by atoms with Crippen LogP contribution in [0.25, 0.3) is 16.5 Å². The quantitative estimate of drug-likeness (QED) is 0.274. The van der Waals surface area contributed by atoms with Crippen LogP contribution in [0, 0.1) is 0 Å². The number of azide groups is 1. The Balaban J connectivity index is 3.39. The lowest BCUT2D eigenvalue weighted by molar-refractivity contribution is -0.136. The predicted molar refractivity (Wildman–Crippen MR) is 73.7 cm³/mol. The third-order valence-electron chi connectivity index (χ3n) is 2.35. The average molecular weight is 298 g/mol. The molecule has 1 rings (SSSR count). The zero-order valence-electron chi connectivity index (χ0n) is 11.1. The molecule has 0 aromatic heterocycles. The van der Waals surface area contributed by atoms with Crippen LogP contribution in [0.1, 0.15) is 5.56 Å². The third kappa shape index (κ3) is 3.34. The normalized spacial score (nSPS) is 10.5. The largest absolute Gasteiger partial charge is 0.493 e. The molecule has 0 atom stereocenters. The Morgan fingerprint density at radius 1 is 1.35 bits per heavy atom. The highest BCUT2D eigenvalue weighted by Crippen LogP contribution is 2.38. The van der Waals surface area contributed by atoms with Gasteiger partial charge in [-0.1, -0.05) is 16.7 Å². The van der Waals surface area contributed by atoms with E-state index in [1.54, 1.807) is 12.1 Å². The summed E-state index contributed by atoms with van der Waals surface area (Å²) in [5.74, 6) is -0.0141. The van der Waals surface area contributed by atoms with Gasteiger partial charge >= 0.3 is 5.97 Å². The van der Waals surface area contributed by atoms with Crippen LogP contribution in [0.2, 0.25) is 5.02 Å². The molecular formula is C12H12ClN3O4. The summed E-state index contributed by atoms with van der Waals surface area (Å²) in [6, 6.07) is 3.21. The molecule has 0 saturated carbocycles. The standard InChI is InChI=1S/C12H12ClN3O4/c1-18-9-5-4-7(10(13)11(9)19-2)6-8(15-16-14)12(17)20-3/h4-6H,1-3H3/b8-6-. The zero-order valence-corrected chi connectivity index (χ0v) is 11.8. The van der Waals surface area contributed by atoms with Crippen LogP contribution in [0.15, 0.2) is 22.9 Å². The average Bonchev–Trinajstić information content (AvgIpc) is 2.47. The van der Waals surface area contributed by atoms with Crippen molar-refractivity contribution < 1.29 is 19.0 Å². The molecule has 7 nitrogen and oxygen atoms in total. The Bertz CT molecular complexity index is 595. The number of carbonyl (C=O) groups is 1. The molecule has 0 saturated heterocycles. The van der Waals surface area contributed by atoms with Crippen molar-refractivity contribution in [1.29, 1.82) is 0 Å². The van der Waals surface area contributed by atoms with Crippen LogP contribution < -0.4 is 9.47 Å². The number of nitrogens with zero attached hydrogens (tertiary/aromatic N) is 3. The minimum absolute atomic E-state index is 0.218. The summed E-state index contributed by atoms with van der Waals surface area (Å²) in [4.78, 5) is 14.0. The second-order valence-electron chi connectivity index (χ2n) is 3.41. The number of hydrogen-bond acceptors (Lipinski definition) is 5. The van der Waals surface area contributed by atoms with Gasteiger partial charge in [-0.2, -0.15) is 0 Å². The molecule has 0 fully saturated rings. The van der Waals surface area contributed by atoms with Crippen molar-refractivity contribution in [2.75, 3.05) is 21.3 Å². The molecule has 0 radical (unpaired) electrons. The van der Waals surface area contributed by atoms with Crippen LogP contribution >= 0.6 is 11.6 Å². The van der Waals surface area contributed by atoms with E-state index in [1.165, 1.54) is 27.4 Å². The summed E-state index contributed by atoms with van der Waals surface area (Å²) in [6.07, 6.45) is 1.30. The maximum atomic E-state index is 11.4. The first-order valence-electron chi connectivity index (χ1n) is 5.34. The lowest BCUT2D eigenvalue weighted by Gasteiger charge is -2.11. The molecule has 106 valence electrons. The first-order valence-corrected chi connectivity index (χ1v) is 5.72. The second-order valence-corrected chi connectivity index (χ2v) is 3.79. The van der Waals surface area contributed by atoms with Crippen molar-refractivity contribution in [3.63, 3.8) is 0 Å². The molecule has 0 heterocycles. The van der Waals surface area contributed by atoms with Gasteiger partial charge in [-0.3, -0.25) is 0 Å². The van der Waals surface area contributed by atoms with E-state index >= 15 is 0 Å². The number of carbonyl (C=O) groups excluding carboxylic acids is 1. The van der Waals surface area contributed by atoms with E-state index < -0.39 is 5.97 Å². The first-order chi connectivity index (χ1) is 9.58. The van der Waals surface area contributed by atoms with Gasteiger partial charge in [-0.15, -0.1) is 0 Å². The highest BCUT2D eigenvalue weighted by molar-refractivity contribution is 6.34. The number of halogens is 1. The van der Waals surface area contributed by atoms with Crippen molar-refractivity contribution in [3.8, 4) is 11.5 Å². The first kappa shape index (κ1) is 15.7. The van der Waals surface area contributed by atoms with E-state index in [0.29, 0.717) is 17.1 Å². The van der Waals surface area contributed by atoms with E-state index in [2.05, 4.69) is 14.8 Å². The van der Waals surface area contributed by atoms with E-state index in [-0.39, 0.29) is 10.7 Å². The van der Waals surface area contributed by atoms with Gasteiger partial charge in [0.25, 0.3) is 0 Å². The van der Waals surface area contributed by atoms with Crippen molar-refractivity contribution in [1.82, 2.24) is 0 Å². The number of hydrogen-bond donors (Lipinski definition) is 0. The van der Waals surface area contributed by atoms with Crippen LogP contribution in [-0.2, 0) is 9.53 Å². The fraction of sp³-hybridized carbons (Fsp3) is 0.250. The maximum Gasteiger partial charge on any atom is 0.340 e. The molecule has 0 bridgehead atoms. The molecular weight excluding hydrogens is 286 g/mol. The van der Waals surface area contributed by atoms with Gasteiger partial charge in [0.05, 0.1) is 26.4 Å². The van der Waals surface area contributed by atoms with Crippen LogP contribution in [-0.4, -0.2) is 27.3 Å². The minimum atomic E-state index is -0.770. The smallest absolute Gasteiger partial charge is 0.340 e. The molecule has 0 aliphatic rings. The fourth-order valence-electron chi connectivity index (χ4n) is 1.44. The molecule has 0 aliphatic heterocycles. The number of rotatable bonds is 5. The van der Waals surface area contributed by atoms with Gasteiger partial charge in [0.15, 0.2) is 11.5 Å². The minimum Gasteiger partial charge on any atom is -0.493 e. The van der Waals surface area contributed by atoms with Gasteiger partial charge in [0, 0.05) is 4.91 Å². The van der Waals surface area contributed by atoms with Gasteiger partial charge in [-0.25, -0.2) is 4.79 Å². The summed E-state index contributed by atoms with van der Waals surface area (Å²) in [6.45, 7) is 0. The van der Waals surface area contributed by atoms with E-state index in [1.807, 2.05) is 0 Å². The Labute approximate surface area is 120 Å². The predicted octanol–water partition coefficient (Wildman–Crippen LogP) is 3.18. The lowest BCUT2D eigenvalue weighted by atomic mass is 10.1. The monoisotopic (exact) mass is 297 g/mol. The van der Waals surface area contributed by atoms with Gasteiger partial charge < -0.3 is 14.2 Å². The van der Waals surface area contributed by atoms with Crippen molar-refractivity contribution in [3.05, 3.63) is 38.9 Å². The maximum absolute atomic E-state index is 11.4. The Kier molecular flexibility index (Phi) is 5.71. The SMILES string of the molecule is COC(=O)/C(=C/c1ccc(OC)c(OC)c1Cl)N=[N+]=[N-]. The number of methoxy groups -OCH3 is 3. The molecule has 8 heteroatoms. The zero-order chi connectivity index (χ0) is 15.1. The van der Waals surface area contributed by atoms with Gasteiger partial charge in [0.2, 0.25) is 0 Å². The Morgan fingerprint density at radius 2 is 2.05 bits per heavy atom. The van der Waals surface area contributed by atoms with Crippen molar-refractivity contribution in [2.24, 2.45) is 5.11 Å². The number of esters is 1. The molecule has 1 aromatic carbocycles. The molecule has 0 spiro atoms.